The van der Waals surface area contributed by atoms with Crippen LogP contribution in [-0.2, 0) is 4.74 Å². The highest BCUT2D eigenvalue weighted by Gasteiger charge is 2.39. The lowest BCUT2D eigenvalue weighted by Gasteiger charge is -2.28. The Bertz CT molecular complexity index is 641. The average Bonchev–Trinajstić information content (AvgIpc) is 3.06. The van der Waals surface area contributed by atoms with Gasteiger partial charge in [-0.3, -0.25) is 9.69 Å². The molecule has 0 bridgehead atoms. The third-order valence-corrected chi connectivity index (χ3v) is 4.83. The van der Waals surface area contributed by atoms with Gasteiger partial charge in [-0.15, -0.1) is 0 Å². The summed E-state index contributed by atoms with van der Waals surface area (Å²) in [6.45, 7) is 2.69. The van der Waals surface area contributed by atoms with Crippen LogP contribution >= 0.6 is 0 Å². The van der Waals surface area contributed by atoms with Gasteiger partial charge in [0.1, 0.15) is 0 Å². The van der Waals surface area contributed by atoms with Crippen LogP contribution in [0.15, 0.2) is 60.7 Å². The summed E-state index contributed by atoms with van der Waals surface area (Å²) >= 11 is 0. The molecule has 3 heteroatoms. The number of carbonyl (C=O) groups excluding carboxylic acids is 1. The minimum Gasteiger partial charge on any atom is -0.385 e. The molecule has 24 heavy (non-hydrogen) atoms. The highest BCUT2D eigenvalue weighted by molar-refractivity contribution is 5.98. The maximum atomic E-state index is 13.1. The van der Waals surface area contributed by atoms with E-state index in [0.29, 0.717) is 0 Å². The van der Waals surface area contributed by atoms with Gasteiger partial charge in [-0.2, -0.15) is 0 Å². The number of carbonyl (C=O) groups is 1. The maximum Gasteiger partial charge on any atom is 0.167 e. The summed E-state index contributed by atoms with van der Waals surface area (Å²) in [6, 6.07) is 20.3. The Balaban J connectivity index is 1.83. The van der Waals surface area contributed by atoms with Gasteiger partial charge in [0.15, 0.2) is 5.78 Å². The number of Topliss-reactive ketones (excluding diaryl/α,β-unsaturated/α-hetero) is 1. The number of rotatable bonds is 7. The van der Waals surface area contributed by atoms with Crippen LogP contribution < -0.4 is 0 Å². The van der Waals surface area contributed by atoms with Gasteiger partial charge in [0.25, 0.3) is 0 Å². The number of hydrogen-bond donors (Lipinski definition) is 0. The van der Waals surface area contributed by atoms with E-state index in [4.69, 9.17) is 4.74 Å². The Morgan fingerprint density at radius 3 is 2.42 bits per heavy atom. The average molecular weight is 323 g/mol. The number of benzene rings is 2. The van der Waals surface area contributed by atoms with Crippen molar-refractivity contribution >= 4 is 5.78 Å². The van der Waals surface area contributed by atoms with Crippen LogP contribution in [0.5, 0.6) is 0 Å². The fourth-order valence-corrected chi connectivity index (χ4v) is 3.70. The zero-order valence-electron chi connectivity index (χ0n) is 14.2. The molecule has 1 fully saturated rings. The van der Waals surface area contributed by atoms with E-state index in [2.05, 4.69) is 29.2 Å². The minimum atomic E-state index is 0.0253. The van der Waals surface area contributed by atoms with Gasteiger partial charge in [-0.1, -0.05) is 60.7 Å². The first-order chi connectivity index (χ1) is 11.8. The molecule has 1 aliphatic heterocycles. The lowest BCUT2D eigenvalue weighted by molar-refractivity contribution is 0.0876. The molecule has 1 saturated heterocycles. The second-order valence-electron chi connectivity index (χ2n) is 6.36. The van der Waals surface area contributed by atoms with E-state index in [1.54, 1.807) is 7.11 Å². The first-order valence-electron chi connectivity index (χ1n) is 8.68. The Morgan fingerprint density at radius 2 is 1.75 bits per heavy atom. The van der Waals surface area contributed by atoms with Gasteiger partial charge >= 0.3 is 0 Å². The van der Waals surface area contributed by atoms with Gasteiger partial charge in [0, 0.05) is 37.8 Å². The van der Waals surface area contributed by atoms with E-state index in [9.17, 15) is 4.79 Å². The summed E-state index contributed by atoms with van der Waals surface area (Å²) in [4.78, 5) is 15.5. The molecule has 1 heterocycles. The number of hydrogen-bond acceptors (Lipinski definition) is 3. The highest BCUT2D eigenvalue weighted by atomic mass is 16.5. The Hall–Kier alpha value is -1.97. The third-order valence-electron chi connectivity index (χ3n) is 4.83. The predicted molar refractivity (Wildman–Crippen MR) is 96.1 cm³/mol. The normalized spacial score (nSPS) is 21.0. The van der Waals surface area contributed by atoms with Crippen molar-refractivity contribution in [3.05, 3.63) is 71.8 Å². The van der Waals surface area contributed by atoms with Crippen molar-refractivity contribution in [2.45, 2.75) is 18.9 Å². The van der Waals surface area contributed by atoms with Crippen molar-refractivity contribution < 1.29 is 9.53 Å². The molecule has 3 nitrogen and oxygen atoms in total. The number of methoxy groups -OCH3 is 1. The quantitative estimate of drug-likeness (QED) is 0.570. The van der Waals surface area contributed by atoms with Crippen LogP contribution in [0, 0.1) is 5.92 Å². The fraction of sp³-hybridized carbons (Fsp3) is 0.381. The smallest absolute Gasteiger partial charge is 0.167 e. The van der Waals surface area contributed by atoms with E-state index < -0.39 is 0 Å². The number of likely N-dealkylation sites (tertiary alicyclic amines) is 1. The third kappa shape index (κ3) is 3.74. The van der Waals surface area contributed by atoms with Gasteiger partial charge < -0.3 is 4.74 Å². The Labute approximate surface area is 144 Å². The second kappa shape index (κ2) is 8.22. The SMILES string of the molecule is COCCCN1CC[C@H](C(=O)c2ccccc2)[C@H]1c1ccccc1. The molecule has 0 spiro atoms. The van der Waals surface area contributed by atoms with Crippen LogP contribution in [-0.4, -0.2) is 37.5 Å². The molecule has 1 aliphatic rings. The van der Waals surface area contributed by atoms with Crippen LogP contribution in [0.25, 0.3) is 0 Å². The predicted octanol–water partition coefficient (Wildman–Crippen LogP) is 3.97. The van der Waals surface area contributed by atoms with Crippen LogP contribution in [0.1, 0.15) is 34.8 Å². The van der Waals surface area contributed by atoms with E-state index in [0.717, 1.165) is 38.1 Å². The van der Waals surface area contributed by atoms with Crippen molar-refractivity contribution in [1.82, 2.24) is 4.90 Å². The molecule has 0 N–H and O–H groups in total. The lowest BCUT2D eigenvalue weighted by atomic mass is 9.87. The van der Waals surface area contributed by atoms with Crippen LogP contribution in [0.4, 0.5) is 0 Å². The van der Waals surface area contributed by atoms with Gasteiger partial charge in [0.2, 0.25) is 0 Å². The second-order valence-corrected chi connectivity index (χ2v) is 6.36. The largest absolute Gasteiger partial charge is 0.385 e. The monoisotopic (exact) mass is 323 g/mol. The zero-order chi connectivity index (χ0) is 16.8. The van der Waals surface area contributed by atoms with E-state index in [1.165, 1.54) is 5.56 Å². The number of ketones is 1. The van der Waals surface area contributed by atoms with Crippen molar-refractivity contribution in [3.8, 4) is 0 Å². The molecule has 0 unspecified atom stereocenters. The molecule has 2 aromatic carbocycles. The fourth-order valence-electron chi connectivity index (χ4n) is 3.70. The molecule has 3 rings (SSSR count). The standard InChI is InChI=1S/C21H25NO2/c1-24-16-8-14-22-15-13-19(20(22)17-9-4-2-5-10-17)21(23)18-11-6-3-7-12-18/h2-7,9-12,19-20H,8,13-16H2,1H3/t19-,20+/m0/s1. The number of ether oxygens (including phenoxy) is 1. The van der Waals surface area contributed by atoms with E-state index in [1.807, 2.05) is 36.4 Å². The molecular weight excluding hydrogens is 298 g/mol. The van der Waals surface area contributed by atoms with E-state index >= 15 is 0 Å². The van der Waals surface area contributed by atoms with Gasteiger partial charge in [0.05, 0.1) is 0 Å². The zero-order valence-corrected chi connectivity index (χ0v) is 14.2. The summed E-state index contributed by atoms with van der Waals surface area (Å²) < 4.78 is 5.19. The molecule has 0 radical (unpaired) electrons. The summed E-state index contributed by atoms with van der Waals surface area (Å²) in [5, 5.41) is 0. The molecule has 0 aliphatic carbocycles. The van der Waals surface area contributed by atoms with Crippen molar-refractivity contribution in [1.29, 1.82) is 0 Å². The maximum absolute atomic E-state index is 13.1. The summed E-state index contributed by atoms with van der Waals surface area (Å²) in [5.74, 6) is 0.288. The molecule has 0 aromatic heterocycles. The van der Waals surface area contributed by atoms with E-state index in [-0.39, 0.29) is 17.7 Å². The first-order valence-corrected chi connectivity index (χ1v) is 8.68. The highest BCUT2D eigenvalue weighted by Crippen LogP contribution is 2.39. The molecule has 2 atom stereocenters. The first kappa shape index (κ1) is 16.9. The summed E-state index contributed by atoms with van der Waals surface area (Å²) in [5.41, 5.74) is 2.06. The topological polar surface area (TPSA) is 29.5 Å². The van der Waals surface area contributed by atoms with Gasteiger partial charge in [-0.05, 0) is 24.9 Å². The molecule has 0 amide bonds. The summed E-state index contributed by atoms with van der Waals surface area (Å²) in [7, 11) is 1.74. The Kier molecular flexibility index (Phi) is 5.78. The van der Waals surface area contributed by atoms with Crippen LogP contribution in [0.3, 0.4) is 0 Å². The molecule has 0 saturated carbocycles. The minimum absolute atomic E-state index is 0.0253. The van der Waals surface area contributed by atoms with Crippen molar-refractivity contribution in [2.24, 2.45) is 5.92 Å². The molecule has 126 valence electrons. The molecular formula is C21H25NO2. The van der Waals surface area contributed by atoms with Crippen LogP contribution in [0.2, 0.25) is 0 Å². The number of nitrogens with zero attached hydrogens (tertiary/aromatic N) is 1. The van der Waals surface area contributed by atoms with Gasteiger partial charge in [-0.25, -0.2) is 0 Å². The molecule has 2 aromatic rings. The summed E-state index contributed by atoms with van der Waals surface area (Å²) in [6.07, 6.45) is 1.91. The van der Waals surface area contributed by atoms with Crippen molar-refractivity contribution in [3.63, 3.8) is 0 Å². The van der Waals surface area contributed by atoms with Crippen molar-refractivity contribution in [2.75, 3.05) is 26.8 Å². The lowest BCUT2D eigenvalue weighted by Crippen LogP contribution is -2.29. The Morgan fingerprint density at radius 1 is 1.08 bits per heavy atom.